The highest BCUT2D eigenvalue weighted by atomic mass is 32.7. The van der Waals surface area contributed by atoms with Crippen molar-refractivity contribution in [3.05, 3.63) is 0 Å². The van der Waals surface area contributed by atoms with Crippen LogP contribution in [0.25, 0.3) is 0 Å². The van der Waals surface area contributed by atoms with E-state index in [-0.39, 0.29) is 0 Å². The Kier molecular flexibility index (Phi) is 7.13. The molecular formula is C5H15N2O3PS. The fourth-order valence-corrected chi connectivity index (χ4v) is 2.22. The van der Waals surface area contributed by atoms with E-state index in [1.807, 2.05) is 0 Å². The molecule has 0 spiro atoms. The van der Waals surface area contributed by atoms with Crippen LogP contribution in [0, 0.1) is 0 Å². The summed E-state index contributed by atoms with van der Waals surface area (Å²) < 4.78 is 10.3. The van der Waals surface area contributed by atoms with Crippen molar-refractivity contribution in [3.63, 3.8) is 0 Å². The summed E-state index contributed by atoms with van der Waals surface area (Å²) in [5.74, 6) is 0.474. The Morgan fingerprint density at radius 3 is 2.58 bits per heavy atom. The Morgan fingerprint density at radius 1 is 1.42 bits per heavy atom. The molecule has 0 aromatic rings. The van der Waals surface area contributed by atoms with Gasteiger partial charge in [0, 0.05) is 18.8 Å². The van der Waals surface area contributed by atoms with Gasteiger partial charge in [0.2, 0.25) is 0 Å². The normalized spacial score (nSPS) is 11.9. The van der Waals surface area contributed by atoms with Gasteiger partial charge in [-0.05, 0) is 24.3 Å². The van der Waals surface area contributed by atoms with Gasteiger partial charge in [-0.25, -0.2) is 4.57 Å². The van der Waals surface area contributed by atoms with Gasteiger partial charge in [-0.15, -0.1) is 0 Å². The third-order valence-electron chi connectivity index (χ3n) is 1.08. The minimum atomic E-state index is -3.86. The first-order valence-electron chi connectivity index (χ1n) is 3.67. The van der Waals surface area contributed by atoms with E-state index in [0.717, 1.165) is 19.5 Å². The van der Waals surface area contributed by atoms with E-state index in [9.17, 15) is 4.57 Å². The quantitative estimate of drug-likeness (QED) is 0.345. The van der Waals surface area contributed by atoms with Gasteiger partial charge in [-0.3, -0.25) is 0 Å². The predicted molar refractivity (Wildman–Crippen MR) is 51.0 cm³/mol. The summed E-state index contributed by atoms with van der Waals surface area (Å²) in [5, 5.41) is 3.03. The second-order valence-electron chi connectivity index (χ2n) is 2.22. The molecule has 7 heteroatoms. The van der Waals surface area contributed by atoms with Crippen LogP contribution in [0.3, 0.4) is 0 Å². The standard InChI is InChI=1S/C5H15N2O3PS/c6-2-4-7-3-1-5-12-11(8,9)10/h7H,1-6H2,(H2,8,9,10). The molecule has 0 heterocycles. The van der Waals surface area contributed by atoms with Crippen LogP contribution in [0.5, 0.6) is 0 Å². The molecule has 0 saturated carbocycles. The zero-order valence-corrected chi connectivity index (χ0v) is 8.48. The molecule has 0 aliphatic carbocycles. The van der Waals surface area contributed by atoms with Crippen LogP contribution in [0.4, 0.5) is 0 Å². The topological polar surface area (TPSA) is 95.6 Å². The lowest BCUT2D eigenvalue weighted by atomic mass is 10.5. The molecule has 0 rings (SSSR count). The molecule has 5 N–H and O–H groups in total. The van der Waals surface area contributed by atoms with Crippen molar-refractivity contribution in [2.75, 3.05) is 25.4 Å². The molecular weight excluding hydrogens is 199 g/mol. The van der Waals surface area contributed by atoms with Gasteiger partial charge in [-0.2, -0.15) is 0 Å². The van der Waals surface area contributed by atoms with E-state index in [0.29, 0.717) is 23.7 Å². The van der Waals surface area contributed by atoms with Crippen LogP contribution >= 0.6 is 18.2 Å². The van der Waals surface area contributed by atoms with Crippen LogP contribution in [0.1, 0.15) is 6.42 Å². The Hall–Kier alpha value is 0.420. The minimum absolute atomic E-state index is 0.474. The minimum Gasteiger partial charge on any atom is -0.329 e. The lowest BCUT2D eigenvalue weighted by molar-refractivity contribution is 0.397. The average molecular weight is 214 g/mol. The average Bonchev–Trinajstić information content (AvgIpc) is 1.94. The molecule has 5 nitrogen and oxygen atoms in total. The van der Waals surface area contributed by atoms with Crippen molar-refractivity contribution < 1.29 is 14.4 Å². The smallest absolute Gasteiger partial charge is 0.329 e. The molecule has 12 heavy (non-hydrogen) atoms. The number of nitrogens with one attached hydrogen (secondary N) is 1. The van der Waals surface area contributed by atoms with Gasteiger partial charge in [0.25, 0.3) is 0 Å². The predicted octanol–water partition coefficient (Wildman–Crippen LogP) is -0.249. The summed E-state index contributed by atoms with van der Waals surface area (Å²) in [7, 11) is 0. The summed E-state index contributed by atoms with van der Waals surface area (Å²) >= 11 is 0.687. The summed E-state index contributed by atoms with van der Waals surface area (Å²) in [6, 6.07) is 0. The lowest BCUT2D eigenvalue weighted by Crippen LogP contribution is -2.23. The third-order valence-corrected chi connectivity index (χ3v) is 3.44. The molecule has 0 atom stereocenters. The first-order chi connectivity index (χ1) is 5.56. The molecule has 0 unspecified atom stereocenters. The molecule has 74 valence electrons. The van der Waals surface area contributed by atoms with Crippen LogP contribution in [0.2, 0.25) is 0 Å². The first kappa shape index (κ1) is 12.4. The lowest BCUT2D eigenvalue weighted by Gasteiger charge is -2.03. The molecule has 0 fully saturated rings. The van der Waals surface area contributed by atoms with E-state index in [2.05, 4.69) is 5.32 Å². The second kappa shape index (κ2) is 6.88. The van der Waals surface area contributed by atoms with E-state index >= 15 is 0 Å². The van der Waals surface area contributed by atoms with Gasteiger partial charge in [0.05, 0.1) is 0 Å². The highest BCUT2D eigenvalue weighted by Gasteiger charge is 2.11. The molecule has 0 saturated heterocycles. The Labute approximate surface area is 76.0 Å². The van der Waals surface area contributed by atoms with Crippen LogP contribution in [-0.2, 0) is 4.57 Å². The Balaban J connectivity index is 3.06. The maximum atomic E-state index is 10.3. The van der Waals surface area contributed by atoms with Gasteiger partial charge < -0.3 is 20.8 Å². The zero-order chi connectivity index (χ0) is 9.45. The number of hydrogen-bond acceptors (Lipinski definition) is 4. The zero-order valence-electron chi connectivity index (χ0n) is 6.77. The van der Waals surface area contributed by atoms with E-state index in [4.69, 9.17) is 15.5 Å². The fraction of sp³-hybridized carbons (Fsp3) is 1.00. The van der Waals surface area contributed by atoms with E-state index in [1.54, 1.807) is 0 Å². The van der Waals surface area contributed by atoms with Crippen molar-refractivity contribution >= 4 is 18.2 Å². The molecule has 0 amide bonds. The summed E-state index contributed by atoms with van der Waals surface area (Å²) in [6.07, 6.45) is 0.746. The maximum Gasteiger partial charge on any atom is 0.383 e. The highest BCUT2D eigenvalue weighted by Crippen LogP contribution is 2.50. The van der Waals surface area contributed by atoms with Gasteiger partial charge in [0.1, 0.15) is 0 Å². The van der Waals surface area contributed by atoms with Crippen LogP contribution < -0.4 is 11.1 Å². The summed E-state index contributed by atoms with van der Waals surface area (Å²) in [6.45, 7) is -1.76. The number of nitrogens with two attached hydrogens (primary N) is 1. The molecule has 0 aliphatic rings. The van der Waals surface area contributed by atoms with Crippen LogP contribution in [0.15, 0.2) is 0 Å². The van der Waals surface area contributed by atoms with Crippen LogP contribution in [-0.4, -0.2) is 35.2 Å². The molecule has 0 aromatic carbocycles. The van der Waals surface area contributed by atoms with Crippen molar-refractivity contribution in [2.45, 2.75) is 6.42 Å². The monoisotopic (exact) mass is 214 g/mol. The van der Waals surface area contributed by atoms with Gasteiger partial charge in [-0.1, -0.05) is 0 Å². The van der Waals surface area contributed by atoms with E-state index < -0.39 is 6.80 Å². The molecule has 0 aromatic heterocycles. The van der Waals surface area contributed by atoms with Gasteiger partial charge >= 0.3 is 6.80 Å². The summed E-state index contributed by atoms with van der Waals surface area (Å²) in [5.41, 5.74) is 5.22. The second-order valence-corrected chi connectivity index (χ2v) is 6.07. The SMILES string of the molecule is NCCNCCCSP(=O)(O)O. The molecule has 0 bridgehead atoms. The van der Waals surface area contributed by atoms with Crippen molar-refractivity contribution in [1.29, 1.82) is 0 Å². The molecule has 0 radical (unpaired) electrons. The number of rotatable bonds is 7. The third kappa shape index (κ3) is 10.4. The van der Waals surface area contributed by atoms with Crippen molar-refractivity contribution in [2.24, 2.45) is 5.73 Å². The van der Waals surface area contributed by atoms with Gasteiger partial charge in [0.15, 0.2) is 0 Å². The van der Waals surface area contributed by atoms with E-state index in [1.165, 1.54) is 0 Å². The van der Waals surface area contributed by atoms with Crippen molar-refractivity contribution in [3.8, 4) is 0 Å². The highest BCUT2D eigenvalue weighted by molar-refractivity contribution is 8.54. The Morgan fingerprint density at radius 2 is 2.08 bits per heavy atom. The molecule has 0 aliphatic heterocycles. The first-order valence-corrected chi connectivity index (χ1v) is 6.87. The summed E-state index contributed by atoms with van der Waals surface area (Å²) in [4.78, 5) is 16.9. The fourth-order valence-electron chi connectivity index (χ4n) is 0.608. The largest absolute Gasteiger partial charge is 0.383 e. The van der Waals surface area contributed by atoms with Crippen molar-refractivity contribution in [1.82, 2.24) is 5.32 Å². The number of hydrogen-bond donors (Lipinski definition) is 4. The Bertz CT molecular complexity index is 152. The maximum absolute atomic E-state index is 10.3.